The Balaban J connectivity index is 1.75. The van der Waals surface area contributed by atoms with Crippen LogP contribution in [-0.4, -0.2) is 20.0 Å². The molecular formula is C15H23N5O. The summed E-state index contributed by atoms with van der Waals surface area (Å²) >= 11 is 0. The number of aromatic nitrogens is 4. The quantitative estimate of drug-likeness (QED) is 0.916. The Morgan fingerprint density at radius 1 is 1.43 bits per heavy atom. The summed E-state index contributed by atoms with van der Waals surface area (Å²) in [7, 11) is 0. The van der Waals surface area contributed by atoms with Gasteiger partial charge >= 0.3 is 0 Å². The van der Waals surface area contributed by atoms with Crippen LogP contribution in [0.4, 0.5) is 0 Å². The van der Waals surface area contributed by atoms with Gasteiger partial charge in [0.2, 0.25) is 11.8 Å². The number of nitrogens with zero attached hydrogens (tertiary/aromatic N) is 4. The predicted octanol–water partition coefficient (Wildman–Crippen LogP) is 2.58. The topological polar surface area (TPSA) is 68.8 Å². The molecule has 1 aliphatic carbocycles. The summed E-state index contributed by atoms with van der Waals surface area (Å²) in [5, 5.41) is 16.3. The van der Waals surface area contributed by atoms with Crippen LogP contribution in [0.5, 0.6) is 0 Å². The first-order valence-corrected chi connectivity index (χ1v) is 7.85. The average Bonchev–Trinajstić information content (AvgIpc) is 3.14. The highest BCUT2D eigenvalue weighted by molar-refractivity contribution is 5.25. The van der Waals surface area contributed by atoms with Gasteiger partial charge in [0.25, 0.3) is 0 Å². The van der Waals surface area contributed by atoms with Gasteiger partial charge in [-0.15, -0.1) is 10.2 Å². The molecule has 0 unspecified atom stereocenters. The number of hydrogen-bond donors (Lipinski definition) is 1. The maximum Gasteiger partial charge on any atom is 0.233 e. The second-order valence-corrected chi connectivity index (χ2v) is 5.58. The van der Waals surface area contributed by atoms with E-state index < -0.39 is 0 Å². The number of aryl methyl sites for hydroxylation is 2. The summed E-state index contributed by atoms with van der Waals surface area (Å²) in [6.45, 7) is 7.16. The van der Waals surface area contributed by atoms with Gasteiger partial charge in [-0.2, -0.15) is 5.10 Å². The first-order chi connectivity index (χ1) is 10.2. The molecule has 0 aromatic carbocycles. The molecule has 0 spiro atoms. The summed E-state index contributed by atoms with van der Waals surface area (Å²) in [5.41, 5.74) is 2.69. The lowest BCUT2D eigenvalue weighted by molar-refractivity contribution is 0.347. The maximum atomic E-state index is 5.64. The SMILES string of the molecule is CCc1nnc([C@@H](C)N[C@@H]2CCCc3c2cnn3CC)o1. The van der Waals surface area contributed by atoms with E-state index in [0.29, 0.717) is 17.8 Å². The van der Waals surface area contributed by atoms with Gasteiger partial charge in [-0.25, -0.2) is 0 Å². The minimum Gasteiger partial charge on any atom is -0.424 e. The fraction of sp³-hybridized carbons (Fsp3) is 0.667. The van der Waals surface area contributed by atoms with Gasteiger partial charge in [0.15, 0.2) is 0 Å². The standard InChI is InChI=1S/C15H23N5O/c1-4-14-18-19-15(21-14)10(3)17-12-7-6-8-13-11(12)9-16-20(13)5-2/h9-10,12,17H,4-8H2,1-3H3/t10-,12-/m1/s1. The van der Waals surface area contributed by atoms with Gasteiger partial charge in [-0.05, 0) is 33.1 Å². The minimum atomic E-state index is 0.0544. The third-order valence-electron chi connectivity index (χ3n) is 4.17. The fourth-order valence-corrected chi connectivity index (χ4v) is 3.02. The van der Waals surface area contributed by atoms with Crippen LogP contribution < -0.4 is 5.32 Å². The molecule has 0 amide bonds. The Morgan fingerprint density at radius 3 is 3.00 bits per heavy atom. The van der Waals surface area contributed by atoms with E-state index in [9.17, 15) is 0 Å². The molecule has 2 aromatic rings. The molecule has 0 saturated carbocycles. The lowest BCUT2D eigenvalue weighted by atomic mass is 9.92. The van der Waals surface area contributed by atoms with Crippen molar-refractivity contribution in [3.05, 3.63) is 29.2 Å². The Hall–Kier alpha value is -1.69. The number of nitrogens with one attached hydrogen (secondary N) is 1. The summed E-state index contributed by atoms with van der Waals surface area (Å²) in [6.07, 6.45) is 6.22. The molecule has 0 bridgehead atoms. The molecular weight excluding hydrogens is 266 g/mol. The summed E-state index contributed by atoms with van der Waals surface area (Å²) in [6, 6.07) is 0.375. The summed E-state index contributed by atoms with van der Waals surface area (Å²) in [4.78, 5) is 0. The zero-order valence-corrected chi connectivity index (χ0v) is 13.0. The van der Waals surface area contributed by atoms with Gasteiger partial charge in [0.05, 0.1) is 12.2 Å². The third-order valence-corrected chi connectivity index (χ3v) is 4.17. The van der Waals surface area contributed by atoms with Crippen molar-refractivity contribution in [3.8, 4) is 0 Å². The Bertz CT molecular complexity index is 603. The molecule has 6 heteroatoms. The van der Waals surface area contributed by atoms with E-state index in [2.05, 4.69) is 39.1 Å². The fourth-order valence-electron chi connectivity index (χ4n) is 3.02. The van der Waals surface area contributed by atoms with Crippen molar-refractivity contribution in [2.75, 3.05) is 0 Å². The Kier molecular flexibility index (Phi) is 4.05. The van der Waals surface area contributed by atoms with Crippen molar-refractivity contribution >= 4 is 0 Å². The van der Waals surface area contributed by atoms with Crippen molar-refractivity contribution in [3.63, 3.8) is 0 Å². The first-order valence-electron chi connectivity index (χ1n) is 7.85. The number of fused-ring (bicyclic) bond motifs is 1. The maximum absolute atomic E-state index is 5.64. The number of rotatable bonds is 5. The third kappa shape index (κ3) is 2.72. The van der Waals surface area contributed by atoms with E-state index in [0.717, 1.165) is 25.8 Å². The molecule has 2 aromatic heterocycles. The molecule has 6 nitrogen and oxygen atoms in total. The summed E-state index contributed by atoms with van der Waals surface area (Å²) < 4.78 is 7.75. The largest absolute Gasteiger partial charge is 0.424 e. The van der Waals surface area contributed by atoms with Crippen LogP contribution in [0.2, 0.25) is 0 Å². The lowest BCUT2D eigenvalue weighted by Gasteiger charge is -2.26. The highest BCUT2D eigenvalue weighted by atomic mass is 16.4. The highest BCUT2D eigenvalue weighted by Crippen LogP contribution is 2.31. The van der Waals surface area contributed by atoms with E-state index in [1.165, 1.54) is 17.7 Å². The van der Waals surface area contributed by atoms with Crippen molar-refractivity contribution in [2.45, 2.75) is 65.1 Å². The van der Waals surface area contributed by atoms with E-state index in [4.69, 9.17) is 4.42 Å². The Morgan fingerprint density at radius 2 is 2.29 bits per heavy atom. The molecule has 0 radical (unpaired) electrons. The van der Waals surface area contributed by atoms with Gasteiger partial charge < -0.3 is 4.42 Å². The van der Waals surface area contributed by atoms with Crippen LogP contribution in [0.3, 0.4) is 0 Å². The molecule has 2 atom stereocenters. The molecule has 0 aliphatic heterocycles. The van der Waals surface area contributed by atoms with E-state index in [1.54, 1.807) is 0 Å². The van der Waals surface area contributed by atoms with Crippen LogP contribution in [0.25, 0.3) is 0 Å². The smallest absolute Gasteiger partial charge is 0.233 e. The van der Waals surface area contributed by atoms with Crippen LogP contribution in [-0.2, 0) is 19.4 Å². The van der Waals surface area contributed by atoms with Crippen molar-refractivity contribution in [1.29, 1.82) is 0 Å². The van der Waals surface area contributed by atoms with Gasteiger partial charge in [-0.1, -0.05) is 6.92 Å². The van der Waals surface area contributed by atoms with Gasteiger partial charge in [0, 0.05) is 30.3 Å². The van der Waals surface area contributed by atoms with E-state index in [-0.39, 0.29) is 6.04 Å². The van der Waals surface area contributed by atoms with Crippen LogP contribution in [0.15, 0.2) is 10.6 Å². The van der Waals surface area contributed by atoms with Crippen molar-refractivity contribution < 1.29 is 4.42 Å². The zero-order valence-electron chi connectivity index (χ0n) is 13.0. The molecule has 0 fully saturated rings. The second kappa shape index (κ2) is 5.97. The first kappa shape index (κ1) is 14.3. The monoisotopic (exact) mass is 289 g/mol. The lowest BCUT2D eigenvalue weighted by Crippen LogP contribution is -2.28. The molecule has 1 aliphatic rings. The van der Waals surface area contributed by atoms with E-state index in [1.807, 2.05) is 13.1 Å². The van der Waals surface area contributed by atoms with Crippen LogP contribution in [0.1, 0.15) is 68.7 Å². The van der Waals surface area contributed by atoms with Crippen LogP contribution >= 0.6 is 0 Å². The normalized spacial score (nSPS) is 19.5. The molecule has 3 rings (SSSR count). The second-order valence-electron chi connectivity index (χ2n) is 5.58. The van der Waals surface area contributed by atoms with Crippen molar-refractivity contribution in [1.82, 2.24) is 25.3 Å². The highest BCUT2D eigenvalue weighted by Gasteiger charge is 2.26. The van der Waals surface area contributed by atoms with Crippen LogP contribution in [0, 0.1) is 0 Å². The summed E-state index contributed by atoms with van der Waals surface area (Å²) in [5.74, 6) is 1.36. The van der Waals surface area contributed by atoms with E-state index >= 15 is 0 Å². The molecule has 114 valence electrons. The van der Waals surface area contributed by atoms with Crippen molar-refractivity contribution in [2.24, 2.45) is 0 Å². The zero-order chi connectivity index (χ0) is 14.8. The Labute approximate surface area is 124 Å². The van der Waals surface area contributed by atoms with Gasteiger partial charge in [-0.3, -0.25) is 10.00 Å². The molecule has 0 saturated heterocycles. The van der Waals surface area contributed by atoms with Gasteiger partial charge in [0.1, 0.15) is 0 Å². The average molecular weight is 289 g/mol. The molecule has 21 heavy (non-hydrogen) atoms. The minimum absolute atomic E-state index is 0.0544. The molecule has 2 heterocycles. The number of hydrogen-bond acceptors (Lipinski definition) is 5. The molecule has 1 N–H and O–H groups in total. The predicted molar refractivity (Wildman–Crippen MR) is 78.8 cm³/mol.